The van der Waals surface area contributed by atoms with Crippen LogP contribution < -0.4 is 10.1 Å². The van der Waals surface area contributed by atoms with Gasteiger partial charge in [-0.05, 0) is 43.4 Å². The Kier molecular flexibility index (Phi) is 9.01. The number of aromatic nitrogens is 2. The molecule has 0 amide bonds. The van der Waals surface area contributed by atoms with Crippen LogP contribution in [0.2, 0.25) is 0 Å². The number of nitrogens with zero attached hydrogens (tertiary/aromatic N) is 4. The highest BCUT2D eigenvalue weighted by Crippen LogP contribution is 2.24. The van der Waals surface area contributed by atoms with Gasteiger partial charge in [0.25, 0.3) is 0 Å². The average Bonchev–Trinajstić information content (AvgIpc) is 3.22. The normalized spacial score (nSPS) is 20.3. The Hall–Kier alpha value is -1.81. The number of guanidine groups is 1. The number of morpholine rings is 1. The second-order valence-corrected chi connectivity index (χ2v) is 8.18. The number of halogens is 1. The van der Waals surface area contributed by atoms with E-state index in [2.05, 4.69) is 44.6 Å². The van der Waals surface area contributed by atoms with Crippen molar-refractivity contribution in [3.05, 3.63) is 47.8 Å². The summed E-state index contributed by atoms with van der Waals surface area (Å²) in [7, 11) is 3.76. The molecule has 1 saturated heterocycles. The van der Waals surface area contributed by atoms with Crippen molar-refractivity contribution in [2.45, 2.75) is 50.9 Å². The number of nitrogens with one attached hydrogen (secondary N) is 1. The largest absolute Gasteiger partial charge is 0.490 e. The molecule has 0 radical (unpaired) electrons. The molecule has 4 rings (SSSR count). The summed E-state index contributed by atoms with van der Waals surface area (Å²) in [5.41, 5.74) is 2.30. The summed E-state index contributed by atoms with van der Waals surface area (Å²) in [5.74, 6) is 1.87. The topological polar surface area (TPSA) is 63.9 Å². The zero-order chi connectivity index (χ0) is 20.8. The summed E-state index contributed by atoms with van der Waals surface area (Å²) >= 11 is 0. The number of ether oxygens (including phenoxy) is 2. The SMILES string of the molecule is CN=C(NCc1cccc(OC2CCCCC2)c1)N1CCOC(c2cnn(C)c2)C1.I. The molecule has 31 heavy (non-hydrogen) atoms. The number of benzene rings is 1. The molecular weight excluding hydrogens is 505 g/mol. The van der Waals surface area contributed by atoms with E-state index in [1.165, 1.54) is 37.7 Å². The Morgan fingerprint density at radius 2 is 2.13 bits per heavy atom. The van der Waals surface area contributed by atoms with Gasteiger partial charge in [-0.2, -0.15) is 5.10 Å². The van der Waals surface area contributed by atoms with Crippen LogP contribution in [0.4, 0.5) is 0 Å². The summed E-state index contributed by atoms with van der Waals surface area (Å²) in [4.78, 5) is 6.75. The molecule has 2 fully saturated rings. The van der Waals surface area contributed by atoms with Crippen molar-refractivity contribution in [3.8, 4) is 5.75 Å². The Morgan fingerprint density at radius 1 is 1.29 bits per heavy atom. The molecular formula is C23H34IN5O2. The third-order valence-corrected chi connectivity index (χ3v) is 5.88. The molecule has 1 aromatic carbocycles. The lowest BCUT2D eigenvalue weighted by Gasteiger charge is -2.34. The molecule has 8 heteroatoms. The van der Waals surface area contributed by atoms with Crippen LogP contribution in [0, 0.1) is 0 Å². The van der Waals surface area contributed by atoms with Crippen molar-refractivity contribution in [2.75, 3.05) is 26.7 Å². The van der Waals surface area contributed by atoms with Gasteiger partial charge in [0, 0.05) is 38.9 Å². The lowest BCUT2D eigenvalue weighted by atomic mass is 9.98. The van der Waals surface area contributed by atoms with E-state index in [9.17, 15) is 0 Å². The molecule has 2 heterocycles. The van der Waals surface area contributed by atoms with Gasteiger partial charge in [0.05, 0.1) is 25.5 Å². The van der Waals surface area contributed by atoms with Crippen LogP contribution in [0.15, 0.2) is 41.7 Å². The predicted octanol–water partition coefficient (Wildman–Crippen LogP) is 3.90. The molecule has 1 atom stereocenters. The molecule has 1 N–H and O–H groups in total. The molecule has 2 aliphatic rings. The van der Waals surface area contributed by atoms with Crippen LogP contribution in [0.5, 0.6) is 5.75 Å². The minimum absolute atomic E-state index is 0. The van der Waals surface area contributed by atoms with E-state index in [1.54, 1.807) is 0 Å². The number of hydrogen-bond donors (Lipinski definition) is 1. The summed E-state index contributed by atoms with van der Waals surface area (Å²) in [6, 6.07) is 8.41. The van der Waals surface area contributed by atoms with Gasteiger partial charge in [-0.25, -0.2) is 0 Å². The van der Waals surface area contributed by atoms with E-state index in [-0.39, 0.29) is 30.1 Å². The predicted molar refractivity (Wildman–Crippen MR) is 133 cm³/mol. The highest BCUT2D eigenvalue weighted by molar-refractivity contribution is 14.0. The minimum Gasteiger partial charge on any atom is -0.490 e. The first kappa shape index (κ1) is 23.8. The standard InChI is InChI=1S/C23H33N5O2.HI/c1-24-23(28-11-12-29-22(17-28)19-15-26-27(2)16-19)25-14-18-7-6-10-21(13-18)30-20-8-4-3-5-9-20;/h6-7,10,13,15-16,20,22H,3-5,8-9,11-12,14,17H2,1-2H3,(H,24,25);1H. The second kappa shape index (κ2) is 11.7. The Balaban J connectivity index is 0.00000272. The Morgan fingerprint density at radius 3 is 2.87 bits per heavy atom. The number of aryl methyl sites for hydroxylation is 1. The van der Waals surface area contributed by atoms with Crippen molar-refractivity contribution < 1.29 is 9.47 Å². The van der Waals surface area contributed by atoms with Gasteiger partial charge < -0.3 is 19.7 Å². The first-order valence-electron chi connectivity index (χ1n) is 11.0. The highest BCUT2D eigenvalue weighted by atomic mass is 127. The van der Waals surface area contributed by atoms with E-state index >= 15 is 0 Å². The molecule has 170 valence electrons. The molecule has 7 nitrogen and oxygen atoms in total. The van der Waals surface area contributed by atoms with Crippen LogP contribution in [0.1, 0.15) is 49.3 Å². The van der Waals surface area contributed by atoms with Crippen LogP contribution in [-0.2, 0) is 18.3 Å². The van der Waals surface area contributed by atoms with Crippen molar-refractivity contribution >= 4 is 29.9 Å². The van der Waals surface area contributed by atoms with E-state index in [4.69, 9.17) is 9.47 Å². The zero-order valence-electron chi connectivity index (χ0n) is 18.5. The van der Waals surface area contributed by atoms with Gasteiger partial charge in [0.1, 0.15) is 11.9 Å². The molecule has 1 unspecified atom stereocenters. The van der Waals surface area contributed by atoms with Crippen LogP contribution in [0.3, 0.4) is 0 Å². The van der Waals surface area contributed by atoms with Crippen LogP contribution in [-0.4, -0.2) is 53.5 Å². The van der Waals surface area contributed by atoms with Crippen molar-refractivity contribution in [3.63, 3.8) is 0 Å². The smallest absolute Gasteiger partial charge is 0.194 e. The van der Waals surface area contributed by atoms with Gasteiger partial charge in [-0.1, -0.05) is 18.6 Å². The monoisotopic (exact) mass is 539 g/mol. The molecule has 2 aromatic rings. The molecule has 0 spiro atoms. The molecule has 1 aliphatic heterocycles. The van der Waals surface area contributed by atoms with E-state index in [1.807, 2.05) is 31.2 Å². The summed E-state index contributed by atoms with van der Waals surface area (Å²) in [5, 5.41) is 7.78. The van der Waals surface area contributed by atoms with Gasteiger partial charge in [-0.15, -0.1) is 24.0 Å². The van der Waals surface area contributed by atoms with Crippen molar-refractivity contribution in [2.24, 2.45) is 12.0 Å². The van der Waals surface area contributed by atoms with E-state index in [0.717, 1.165) is 30.4 Å². The molecule has 0 bridgehead atoms. The third kappa shape index (κ3) is 6.58. The van der Waals surface area contributed by atoms with Gasteiger partial charge in [-0.3, -0.25) is 9.67 Å². The maximum Gasteiger partial charge on any atom is 0.194 e. The summed E-state index contributed by atoms with van der Waals surface area (Å²) in [6.07, 6.45) is 10.5. The molecule has 1 aromatic heterocycles. The van der Waals surface area contributed by atoms with E-state index in [0.29, 0.717) is 19.3 Å². The van der Waals surface area contributed by atoms with Crippen molar-refractivity contribution in [1.82, 2.24) is 20.0 Å². The maximum atomic E-state index is 6.22. The number of hydrogen-bond acceptors (Lipinski definition) is 4. The van der Waals surface area contributed by atoms with Gasteiger partial charge in [0.2, 0.25) is 0 Å². The van der Waals surface area contributed by atoms with Gasteiger partial charge in [0.15, 0.2) is 5.96 Å². The van der Waals surface area contributed by atoms with E-state index < -0.39 is 0 Å². The summed E-state index contributed by atoms with van der Waals surface area (Å²) in [6.45, 7) is 2.96. The number of aliphatic imine (C=N–C) groups is 1. The molecule has 1 aliphatic carbocycles. The lowest BCUT2D eigenvalue weighted by molar-refractivity contribution is -0.00805. The molecule has 1 saturated carbocycles. The van der Waals surface area contributed by atoms with Crippen LogP contribution in [0.25, 0.3) is 0 Å². The van der Waals surface area contributed by atoms with Crippen LogP contribution >= 0.6 is 24.0 Å². The second-order valence-electron chi connectivity index (χ2n) is 8.18. The van der Waals surface area contributed by atoms with Crippen molar-refractivity contribution in [1.29, 1.82) is 0 Å². The Labute approximate surface area is 202 Å². The zero-order valence-corrected chi connectivity index (χ0v) is 20.8. The summed E-state index contributed by atoms with van der Waals surface area (Å²) < 4.78 is 14.0. The minimum atomic E-state index is 0. The maximum absolute atomic E-state index is 6.22. The quantitative estimate of drug-likeness (QED) is 0.355. The fourth-order valence-electron chi connectivity index (χ4n) is 4.27. The van der Waals surface area contributed by atoms with Gasteiger partial charge >= 0.3 is 0 Å². The fourth-order valence-corrected chi connectivity index (χ4v) is 4.27. The first-order valence-corrected chi connectivity index (χ1v) is 11.0. The number of rotatable bonds is 5. The fraction of sp³-hybridized carbons (Fsp3) is 0.565. The Bertz CT molecular complexity index is 850. The highest BCUT2D eigenvalue weighted by Gasteiger charge is 2.25. The first-order chi connectivity index (χ1) is 14.7. The lowest BCUT2D eigenvalue weighted by Crippen LogP contribution is -2.47. The average molecular weight is 539 g/mol. The third-order valence-electron chi connectivity index (χ3n) is 5.88.